The second-order valence-electron chi connectivity index (χ2n) is 6.65. The minimum Gasteiger partial charge on any atom is -0.496 e. The molecular formula is C18H25N5O4. The van der Waals surface area contributed by atoms with Crippen molar-refractivity contribution in [1.29, 1.82) is 0 Å². The molecule has 3 rings (SSSR count). The summed E-state index contributed by atoms with van der Waals surface area (Å²) >= 11 is 0. The molecule has 0 bridgehead atoms. The van der Waals surface area contributed by atoms with Gasteiger partial charge in [0.15, 0.2) is 0 Å². The van der Waals surface area contributed by atoms with E-state index in [1.807, 2.05) is 12.1 Å². The van der Waals surface area contributed by atoms with Crippen LogP contribution in [0, 0.1) is 0 Å². The Hall–Kier alpha value is -2.65. The molecule has 0 radical (unpaired) electrons. The largest absolute Gasteiger partial charge is 0.496 e. The number of methoxy groups -OCH3 is 1. The van der Waals surface area contributed by atoms with Crippen LogP contribution in [-0.2, 0) is 9.59 Å². The fraction of sp³-hybridized carbons (Fsp3) is 0.500. The summed E-state index contributed by atoms with van der Waals surface area (Å²) in [5.74, 6) is -0.755. The summed E-state index contributed by atoms with van der Waals surface area (Å²) < 4.78 is 5.40. The van der Waals surface area contributed by atoms with Crippen LogP contribution in [0.15, 0.2) is 18.2 Å². The molecular weight excluding hydrogens is 350 g/mol. The van der Waals surface area contributed by atoms with Crippen molar-refractivity contribution >= 4 is 23.4 Å². The molecule has 2 heterocycles. The SMILES string of the molecule is COc1cc(N2CCN(CN)CC2)ccc1C(=O)NC1CCC(=O)NC1=O. The topological polar surface area (TPSA) is 117 Å². The lowest BCUT2D eigenvalue weighted by atomic mass is 10.0. The summed E-state index contributed by atoms with van der Waals surface area (Å²) in [6.07, 6.45) is 0.504. The highest BCUT2D eigenvalue weighted by Crippen LogP contribution is 2.27. The van der Waals surface area contributed by atoms with Crippen LogP contribution >= 0.6 is 0 Å². The molecule has 2 saturated heterocycles. The van der Waals surface area contributed by atoms with Crippen LogP contribution in [0.2, 0.25) is 0 Å². The van der Waals surface area contributed by atoms with Crippen LogP contribution in [0.5, 0.6) is 5.75 Å². The minimum absolute atomic E-state index is 0.210. The number of piperidine rings is 1. The molecule has 4 N–H and O–H groups in total. The molecule has 0 spiro atoms. The zero-order valence-electron chi connectivity index (χ0n) is 15.4. The van der Waals surface area contributed by atoms with Gasteiger partial charge in [-0.1, -0.05) is 0 Å². The number of imide groups is 1. The van der Waals surface area contributed by atoms with Gasteiger partial charge in [0.2, 0.25) is 11.8 Å². The fourth-order valence-corrected chi connectivity index (χ4v) is 3.32. The van der Waals surface area contributed by atoms with E-state index in [-0.39, 0.29) is 12.3 Å². The van der Waals surface area contributed by atoms with Crippen LogP contribution in [-0.4, -0.2) is 68.6 Å². The fourth-order valence-electron chi connectivity index (χ4n) is 3.32. The molecule has 3 amide bonds. The standard InChI is InChI=1S/C18H25N5O4/c1-27-15-10-12(23-8-6-22(11-19)7-9-23)2-3-13(15)17(25)20-14-4-5-16(24)21-18(14)26/h2-3,10,14H,4-9,11,19H2,1H3,(H,20,25)(H,21,24,26). The van der Waals surface area contributed by atoms with Crippen molar-refractivity contribution in [1.82, 2.24) is 15.5 Å². The van der Waals surface area contributed by atoms with Gasteiger partial charge in [0, 0.05) is 51.0 Å². The second-order valence-corrected chi connectivity index (χ2v) is 6.65. The van der Waals surface area contributed by atoms with E-state index >= 15 is 0 Å². The van der Waals surface area contributed by atoms with Crippen LogP contribution in [0.1, 0.15) is 23.2 Å². The molecule has 2 aliphatic heterocycles. The number of carbonyl (C=O) groups is 3. The molecule has 1 atom stereocenters. The van der Waals surface area contributed by atoms with Gasteiger partial charge in [-0.25, -0.2) is 0 Å². The number of nitrogens with one attached hydrogen (secondary N) is 2. The molecule has 1 aromatic rings. The summed E-state index contributed by atoms with van der Waals surface area (Å²) in [5.41, 5.74) is 7.00. The number of rotatable bonds is 5. The number of nitrogens with zero attached hydrogens (tertiary/aromatic N) is 2. The third kappa shape index (κ3) is 4.37. The number of hydrogen-bond acceptors (Lipinski definition) is 7. The smallest absolute Gasteiger partial charge is 0.255 e. The van der Waals surface area contributed by atoms with E-state index in [1.54, 1.807) is 6.07 Å². The van der Waals surface area contributed by atoms with Crippen molar-refractivity contribution in [3.63, 3.8) is 0 Å². The molecule has 2 aliphatic rings. The van der Waals surface area contributed by atoms with Crippen LogP contribution in [0.25, 0.3) is 0 Å². The highest BCUT2D eigenvalue weighted by Gasteiger charge is 2.29. The Morgan fingerprint density at radius 1 is 1.30 bits per heavy atom. The number of ether oxygens (including phenoxy) is 1. The Morgan fingerprint density at radius 2 is 2.04 bits per heavy atom. The Morgan fingerprint density at radius 3 is 2.67 bits per heavy atom. The normalized spacial score (nSPS) is 21.0. The number of nitrogens with two attached hydrogens (primary N) is 1. The minimum atomic E-state index is -0.719. The molecule has 0 aliphatic carbocycles. The van der Waals surface area contributed by atoms with Crippen LogP contribution in [0.3, 0.4) is 0 Å². The molecule has 0 saturated carbocycles. The third-order valence-corrected chi connectivity index (χ3v) is 4.97. The van der Waals surface area contributed by atoms with E-state index in [0.717, 1.165) is 31.9 Å². The number of amides is 3. The predicted molar refractivity (Wildman–Crippen MR) is 99.5 cm³/mol. The van der Waals surface area contributed by atoms with E-state index in [0.29, 0.717) is 24.4 Å². The van der Waals surface area contributed by atoms with Gasteiger partial charge in [-0.2, -0.15) is 0 Å². The lowest BCUT2D eigenvalue weighted by molar-refractivity contribution is -0.134. The van der Waals surface area contributed by atoms with Gasteiger partial charge < -0.3 is 20.7 Å². The third-order valence-electron chi connectivity index (χ3n) is 4.97. The summed E-state index contributed by atoms with van der Waals surface area (Å²) in [4.78, 5) is 40.1. The zero-order chi connectivity index (χ0) is 19.4. The quantitative estimate of drug-likeness (QED) is 0.581. The maximum Gasteiger partial charge on any atom is 0.255 e. The number of benzene rings is 1. The van der Waals surface area contributed by atoms with Crippen molar-refractivity contribution in [3.05, 3.63) is 23.8 Å². The maximum atomic E-state index is 12.6. The van der Waals surface area contributed by atoms with Gasteiger partial charge in [0.05, 0.1) is 12.7 Å². The highest BCUT2D eigenvalue weighted by atomic mass is 16.5. The van der Waals surface area contributed by atoms with Gasteiger partial charge in [-0.3, -0.25) is 24.6 Å². The van der Waals surface area contributed by atoms with E-state index in [9.17, 15) is 14.4 Å². The summed E-state index contributed by atoms with van der Waals surface area (Å²) in [5, 5.41) is 4.91. The zero-order valence-corrected chi connectivity index (χ0v) is 15.4. The van der Waals surface area contributed by atoms with E-state index < -0.39 is 17.9 Å². The van der Waals surface area contributed by atoms with Gasteiger partial charge in [-0.05, 0) is 18.6 Å². The molecule has 9 nitrogen and oxygen atoms in total. The van der Waals surface area contributed by atoms with Crippen LogP contribution < -0.4 is 26.0 Å². The van der Waals surface area contributed by atoms with E-state index in [1.165, 1.54) is 7.11 Å². The first-order valence-electron chi connectivity index (χ1n) is 9.01. The van der Waals surface area contributed by atoms with Gasteiger partial charge in [-0.15, -0.1) is 0 Å². The summed E-state index contributed by atoms with van der Waals surface area (Å²) in [6, 6.07) is 4.69. The Balaban J connectivity index is 1.69. The molecule has 1 aromatic carbocycles. The first-order chi connectivity index (χ1) is 13.0. The van der Waals surface area contributed by atoms with Crippen molar-refractivity contribution < 1.29 is 19.1 Å². The van der Waals surface area contributed by atoms with Crippen molar-refractivity contribution in [3.8, 4) is 5.75 Å². The average molecular weight is 375 g/mol. The van der Waals surface area contributed by atoms with Gasteiger partial charge in [0.25, 0.3) is 5.91 Å². The van der Waals surface area contributed by atoms with Crippen molar-refractivity contribution in [2.75, 3.05) is 44.9 Å². The monoisotopic (exact) mass is 375 g/mol. The predicted octanol–water partition coefficient (Wildman–Crippen LogP) is -0.732. The highest BCUT2D eigenvalue weighted by molar-refractivity contribution is 6.04. The van der Waals surface area contributed by atoms with Crippen molar-refractivity contribution in [2.24, 2.45) is 5.73 Å². The van der Waals surface area contributed by atoms with E-state index in [2.05, 4.69) is 20.4 Å². The Labute approximate surface area is 157 Å². The number of hydrogen-bond donors (Lipinski definition) is 3. The Kier molecular flexibility index (Phi) is 5.92. The lowest BCUT2D eigenvalue weighted by Crippen LogP contribution is -2.52. The van der Waals surface area contributed by atoms with E-state index in [4.69, 9.17) is 10.5 Å². The first kappa shape index (κ1) is 19.1. The average Bonchev–Trinajstić information content (AvgIpc) is 2.69. The lowest BCUT2D eigenvalue weighted by Gasteiger charge is -2.35. The molecule has 1 unspecified atom stereocenters. The summed E-state index contributed by atoms with van der Waals surface area (Å²) in [7, 11) is 1.51. The second kappa shape index (κ2) is 8.36. The Bertz CT molecular complexity index is 730. The van der Waals surface area contributed by atoms with Crippen LogP contribution in [0.4, 0.5) is 5.69 Å². The van der Waals surface area contributed by atoms with Gasteiger partial charge >= 0.3 is 0 Å². The van der Waals surface area contributed by atoms with Crippen molar-refractivity contribution in [2.45, 2.75) is 18.9 Å². The summed E-state index contributed by atoms with van der Waals surface area (Å²) in [6.45, 7) is 4.02. The first-order valence-corrected chi connectivity index (χ1v) is 9.01. The number of piperazine rings is 1. The molecule has 27 heavy (non-hydrogen) atoms. The molecule has 2 fully saturated rings. The number of anilines is 1. The number of carbonyl (C=O) groups excluding carboxylic acids is 3. The molecule has 0 aromatic heterocycles. The molecule has 9 heteroatoms. The van der Waals surface area contributed by atoms with Gasteiger partial charge in [0.1, 0.15) is 11.8 Å². The maximum absolute atomic E-state index is 12.6. The molecule has 146 valence electrons.